The maximum absolute atomic E-state index is 12.0. The summed E-state index contributed by atoms with van der Waals surface area (Å²) < 4.78 is 11.6. The van der Waals surface area contributed by atoms with Crippen molar-refractivity contribution >= 4 is 39.1 Å². The summed E-state index contributed by atoms with van der Waals surface area (Å²) in [5.74, 6) is 0.883. The van der Waals surface area contributed by atoms with Gasteiger partial charge in [-0.1, -0.05) is 29.8 Å². The molecule has 2 aromatic rings. The molecule has 1 amide bonds. The summed E-state index contributed by atoms with van der Waals surface area (Å²) >= 11 is 9.38. The molecule has 0 heterocycles. The second-order valence-corrected chi connectivity index (χ2v) is 5.64. The lowest BCUT2D eigenvalue weighted by Gasteiger charge is -2.14. The zero-order valence-electron chi connectivity index (χ0n) is 11.9. The molecule has 0 aromatic heterocycles. The van der Waals surface area contributed by atoms with Gasteiger partial charge in [0.05, 0.1) is 16.8 Å². The minimum Gasteiger partial charge on any atom is -0.491 e. The second-order valence-electron chi connectivity index (χ2n) is 4.35. The summed E-state index contributed by atoms with van der Waals surface area (Å²) in [5.41, 5.74) is 0.503. The Bertz CT molecular complexity index is 649. The van der Waals surface area contributed by atoms with Crippen LogP contribution in [0.1, 0.15) is 6.92 Å². The SMILES string of the molecule is CCOc1c(Br)cc(Cl)cc1NC(=O)COc1ccccc1. The monoisotopic (exact) mass is 383 g/mol. The normalized spacial score (nSPS) is 10.1. The molecule has 4 nitrogen and oxygen atoms in total. The smallest absolute Gasteiger partial charge is 0.262 e. The van der Waals surface area contributed by atoms with Crippen molar-refractivity contribution in [2.45, 2.75) is 6.92 Å². The second kappa shape index (κ2) is 8.06. The molecule has 0 radical (unpaired) electrons. The Kier molecular flexibility index (Phi) is 6.10. The lowest BCUT2D eigenvalue weighted by Crippen LogP contribution is -2.20. The zero-order valence-corrected chi connectivity index (χ0v) is 14.3. The van der Waals surface area contributed by atoms with Gasteiger partial charge in [0.1, 0.15) is 5.75 Å². The average Bonchev–Trinajstić information content (AvgIpc) is 2.50. The van der Waals surface area contributed by atoms with Gasteiger partial charge in [0.2, 0.25) is 0 Å². The number of hydrogen-bond donors (Lipinski definition) is 1. The third kappa shape index (κ3) is 4.64. The van der Waals surface area contributed by atoms with E-state index in [4.69, 9.17) is 21.1 Å². The van der Waals surface area contributed by atoms with Gasteiger partial charge in [-0.15, -0.1) is 0 Å². The Morgan fingerprint density at radius 3 is 2.64 bits per heavy atom. The molecule has 2 aromatic carbocycles. The van der Waals surface area contributed by atoms with Crippen LogP contribution in [0.2, 0.25) is 5.02 Å². The van der Waals surface area contributed by atoms with Crippen LogP contribution in [0.15, 0.2) is 46.9 Å². The van der Waals surface area contributed by atoms with Crippen LogP contribution >= 0.6 is 27.5 Å². The molecule has 0 bridgehead atoms. The van der Waals surface area contributed by atoms with Gasteiger partial charge in [-0.05, 0) is 47.1 Å². The molecule has 1 N–H and O–H groups in total. The van der Waals surface area contributed by atoms with Crippen LogP contribution in [0.3, 0.4) is 0 Å². The number of ether oxygens (including phenoxy) is 2. The first-order valence-corrected chi connectivity index (χ1v) is 7.86. The number of nitrogens with one attached hydrogen (secondary N) is 1. The summed E-state index contributed by atoms with van der Waals surface area (Å²) in [6, 6.07) is 12.5. The quantitative estimate of drug-likeness (QED) is 0.796. The molecule has 0 aliphatic rings. The van der Waals surface area contributed by atoms with Crippen LogP contribution in [0, 0.1) is 0 Å². The topological polar surface area (TPSA) is 47.6 Å². The molecule has 0 aliphatic carbocycles. The van der Waals surface area contributed by atoms with Gasteiger partial charge in [-0.25, -0.2) is 0 Å². The molecule has 0 aliphatic heterocycles. The summed E-state index contributed by atoms with van der Waals surface area (Å²) in [6.45, 7) is 2.24. The van der Waals surface area contributed by atoms with Crippen molar-refractivity contribution in [3.05, 3.63) is 52.0 Å². The lowest BCUT2D eigenvalue weighted by atomic mass is 10.3. The molecular formula is C16H15BrClNO3. The van der Waals surface area contributed by atoms with Gasteiger partial charge in [0.25, 0.3) is 5.91 Å². The highest BCUT2D eigenvalue weighted by Crippen LogP contribution is 2.36. The Labute approximate surface area is 142 Å². The largest absolute Gasteiger partial charge is 0.491 e. The van der Waals surface area contributed by atoms with E-state index in [0.29, 0.717) is 33.3 Å². The Hall–Kier alpha value is -1.72. The number of rotatable bonds is 6. The van der Waals surface area contributed by atoms with Gasteiger partial charge >= 0.3 is 0 Å². The minimum atomic E-state index is -0.293. The molecule has 0 atom stereocenters. The van der Waals surface area contributed by atoms with Gasteiger partial charge in [-0.2, -0.15) is 0 Å². The third-order valence-electron chi connectivity index (χ3n) is 2.68. The van der Waals surface area contributed by atoms with Crippen molar-refractivity contribution in [3.63, 3.8) is 0 Å². The number of benzene rings is 2. The maximum atomic E-state index is 12.0. The average molecular weight is 385 g/mol. The van der Waals surface area contributed by atoms with E-state index in [1.807, 2.05) is 25.1 Å². The standard InChI is InChI=1S/C16H15BrClNO3/c1-2-21-16-13(17)8-11(18)9-14(16)19-15(20)10-22-12-6-4-3-5-7-12/h3-9H,2,10H2,1H3,(H,19,20). The van der Waals surface area contributed by atoms with Crippen LogP contribution in [0.5, 0.6) is 11.5 Å². The highest BCUT2D eigenvalue weighted by Gasteiger charge is 2.13. The van der Waals surface area contributed by atoms with E-state index in [1.54, 1.807) is 24.3 Å². The summed E-state index contributed by atoms with van der Waals surface area (Å²) in [6.07, 6.45) is 0. The summed E-state index contributed by atoms with van der Waals surface area (Å²) in [5, 5.41) is 3.24. The number of halogens is 2. The van der Waals surface area contributed by atoms with Crippen molar-refractivity contribution in [3.8, 4) is 11.5 Å². The molecule has 0 saturated carbocycles. The number of para-hydroxylation sites is 1. The lowest BCUT2D eigenvalue weighted by molar-refractivity contribution is -0.118. The third-order valence-corrected chi connectivity index (χ3v) is 3.49. The van der Waals surface area contributed by atoms with Gasteiger partial charge < -0.3 is 14.8 Å². The van der Waals surface area contributed by atoms with Crippen molar-refractivity contribution < 1.29 is 14.3 Å². The fourth-order valence-corrected chi connectivity index (χ4v) is 2.72. The van der Waals surface area contributed by atoms with Crippen molar-refractivity contribution in [2.75, 3.05) is 18.5 Å². The van der Waals surface area contributed by atoms with Crippen LogP contribution in [0.4, 0.5) is 5.69 Å². The van der Waals surface area contributed by atoms with Gasteiger partial charge in [-0.3, -0.25) is 4.79 Å². The van der Waals surface area contributed by atoms with E-state index in [1.165, 1.54) is 0 Å². The first-order valence-electron chi connectivity index (χ1n) is 6.69. The van der Waals surface area contributed by atoms with Crippen LogP contribution in [0.25, 0.3) is 0 Å². The van der Waals surface area contributed by atoms with Gasteiger partial charge in [0, 0.05) is 5.02 Å². The van der Waals surface area contributed by atoms with E-state index in [9.17, 15) is 4.79 Å². The van der Waals surface area contributed by atoms with E-state index >= 15 is 0 Å². The molecule has 116 valence electrons. The fourth-order valence-electron chi connectivity index (χ4n) is 1.80. The van der Waals surface area contributed by atoms with Crippen LogP contribution in [-0.4, -0.2) is 19.1 Å². The van der Waals surface area contributed by atoms with E-state index in [2.05, 4.69) is 21.2 Å². The first kappa shape index (κ1) is 16.6. The number of carbonyl (C=O) groups excluding carboxylic acids is 1. The maximum Gasteiger partial charge on any atom is 0.262 e. The van der Waals surface area contributed by atoms with Crippen LogP contribution in [-0.2, 0) is 4.79 Å². The van der Waals surface area contributed by atoms with E-state index in [-0.39, 0.29) is 12.5 Å². The highest BCUT2D eigenvalue weighted by atomic mass is 79.9. The molecule has 22 heavy (non-hydrogen) atoms. The number of anilines is 1. The molecule has 2 rings (SSSR count). The van der Waals surface area contributed by atoms with Crippen molar-refractivity contribution in [2.24, 2.45) is 0 Å². The minimum absolute atomic E-state index is 0.0975. The number of hydrogen-bond acceptors (Lipinski definition) is 3. The molecule has 0 fully saturated rings. The van der Waals surface area contributed by atoms with E-state index < -0.39 is 0 Å². The summed E-state index contributed by atoms with van der Waals surface area (Å²) in [7, 11) is 0. The molecule has 0 saturated heterocycles. The van der Waals surface area contributed by atoms with E-state index in [0.717, 1.165) is 0 Å². The Morgan fingerprint density at radius 1 is 1.23 bits per heavy atom. The first-order chi connectivity index (χ1) is 10.6. The predicted molar refractivity (Wildman–Crippen MR) is 90.9 cm³/mol. The zero-order chi connectivity index (χ0) is 15.9. The molecule has 0 spiro atoms. The fraction of sp³-hybridized carbons (Fsp3) is 0.188. The van der Waals surface area contributed by atoms with Crippen molar-refractivity contribution in [1.82, 2.24) is 0 Å². The predicted octanol–water partition coefficient (Wildman–Crippen LogP) is 4.52. The molecule has 0 unspecified atom stereocenters. The molecular weight excluding hydrogens is 370 g/mol. The van der Waals surface area contributed by atoms with Crippen LogP contribution < -0.4 is 14.8 Å². The van der Waals surface area contributed by atoms with Crippen molar-refractivity contribution in [1.29, 1.82) is 0 Å². The summed E-state index contributed by atoms with van der Waals surface area (Å²) in [4.78, 5) is 12.0. The van der Waals surface area contributed by atoms with Gasteiger partial charge in [0.15, 0.2) is 12.4 Å². The highest BCUT2D eigenvalue weighted by molar-refractivity contribution is 9.10. The Morgan fingerprint density at radius 2 is 1.95 bits per heavy atom. The Balaban J connectivity index is 2.04. The molecule has 6 heteroatoms. The number of carbonyl (C=O) groups is 1. The number of amides is 1.